The van der Waals surface area contributed by atoms with Crippen LogP contribution in [0.3, 0.4) is 0 Å². The van der Waals surface area contributed by atoms with Crippen molar-refractivity contribution in [2.75, 3.05) is 5.73 Å². The molecular weight excluding hydrogens is 256 g/mol. The topological polar surface area (TPSA) is 96.3 Å². The predicted octanol–water partition coefficient (Wildman–Crippen LogP) is 2.94. The van der Waals surface area contributed by atoms with E-state index in [2.05, 4.69) is 0 Å². The number of anilines is 1. The van der Waals surface area contributed by atoms with Crippen LogP contribution in [0.15, 0.2) is 36.4 Å². The van der Waals surface area contributed by atoms with Gasteiger partial charge in [-0.1, -0.05) is 6.07 Å². The van der Waals surface area contributed by atoms with Crippen molar-refractivity contribution in [2.45, 2.75) is 6.92 Å². The Morgan fingerprint density at radius 3 is 2.70 bits per heavy atom. The number of carboxylic acids is 1. The molecule has 0 heterocycles. The van der Waals surface area contributed by atoms with Crippen LogP contribution >= 0.6 is 0 Å². The van der Waals surface area contributed by atoms with E-state index in [1.54, 1.807) is 24.3 Å². The SMILES string of the molecule is Cc1ccc(C#N)cc1Oc1ccc(N)c(C(=O)O)c1. The van der Waals surface area contributed by atoms with Gasteiger partial charge in [-0.2, -0.15) is 5.26 Å². The number of carboxylic acid groups (broad SMARTS) is 1. The van der Waals surface area contributed by atoms with E-state index in [9.17, 15) is 4.79 Å². The molecule has 0 fully saturated rings. The van der Waals surface area contributed by atoms with Gasteiger partial charge < -0.3 is 15.6 Å². The second-order valence-electron chi connectivity index (χ2n) is 4.25. The Labute approximate surface area is 115 Å². The van der Waals surface area contributed by atoms with Crippen LogP contribution in [-0.4, -0.2) is 11.1 Å². The highest BCUT2D eigenvalue weighted by Gasteiger charge is 2.10. The molecule has 0 aliphatic heterocycles. The molecule has 2 rings (SSSR count). The van der Waals surface area contributed by atoms with Crippen LogP contribution in [0.25, 0.3) is 0 Å². The second kappa shape index (κ2) is 5.33. The zero-order chi connectivity index (χ0) is 14.7. The lowest BCUT2D eigenvalue weighted by molar-refractivity contribution is 0.0697. The molecule has 0 spiro atoms. The number of aryl methyl sites for hydroxylation is 1. The van der Waals surface area contributed by atoms with Crippen molar-refractivity contribution < 1.29 is 14.6 Å². The molecule has 2 aromatic carbocycles. The van der Waals surface area contributed by atoms with Gasteiger partial charge in [0.2, 0.25) is 0 Å². The van der Waals surface area contributed by atoms with Gasteiger partial charge in [0.1, 0.15) is 11.5 Å². The number of aromatic carboxylic acids is 1. The van der Waals surface area contributed by atoms with E-state index in [0.717, 1.165) is 5.56 Å². The summed E-state index contributed by atoms with van der Waals surface area (Å²) in [5, 5.41) is 17.9. The van der Waals surface area contributed by atoms with Crippen LogP contribution in [0.4, 0.5) is 5.69 Å². The minimum atomic E-state index is -1.12. The van der Waals surface area contributed by atoms with Crippen molar-refractivity contribution in [3.8, 4) is 17.6 Å². The Kier molecular flexibility index (Phi) is 3.58. The van der Waals surface area contributed by atoms with E-state index in [0.29, 0.717) is 17.1 Å². The first-order valence-corrected chi connectivity index (χ1v) is 5.82. The van der Waals surface area contributed by atoms with Gasteiger partial charge in [0.05, 0.1) is 17.2 Å². The van der Waals surface area contributed by atoms with Gasteiger partial charge in [0, 0.05) is 5.69 Å². The number of carbonyl (C=O) groups is 1. The maximum Gasteiger partial charge on any atom is 0.337 e. The average molecular weight is 268 g/mol. The fraction of sp³-hybridized carbons (Fsp3) is 0.0667. The summed E-state index contributed by atoms with van der Waals surface area (Å²) >= 11 is 0. The van der Waals surface area contributed by atoms with Gasteiger partial charge in [-0.3, -0.25) is 0 Å². The molecule has 0 aromatic heterocycles. The zero-order valence-electron chi connectivity index (χ0n) is 10.8. The molecule has 0 radical (unpaired) electrons. The van der Waals surface area contributed by atoms with E-state index in [4.69, 9.17) is 20.8 Å². The smallest absolute Gasteiger partial charge is 0.337 e. The van der Waals surface area contributed by atoms with Gasteiger partial charge in [0.25, 0.3) is 0 Å². The fourth-order valence-electron chi connectivity index (χ4n) is 1.69. The number of ether oxygens (including phenoxy) is 1. The van der Waals surface area contributed by atoms with Crippen LogP contribution in [-0.2, 0) is 0 Å². The fourth-order valence-corrected chi connectivity index (χ4v) is 1.69. The van der Waals surface area contributed by atoms with E-state index in [1.807, 2.05) is 13.0 Å². The van der Waals surface area contributed by atoms with Gasteiger partial charge >= 0.3 is 5.97 Å². The highest BCUT2D eigenvalue weighted by molar-refractivity contribution is 5.94. The van der Waals surface area contributed by atoms with E-state index < -0.39 is 5.97 Å². The number of nitrogen functional groups attached to an aromatic ring is 1. The number of benzene rings is 2. The van der Waals surface area contributed by atoms with Crippen LogP contribution in [0.1, 0.15) is 21.5 Å². The van der Waals surface area contributed by atoms with Crippen molar-refractivity contribution in [1.29, 1.82) is 5.26 Å². The minimum absolute atomic E-state index is 0.0170. The summed E-state index contributed by atoms with van der Waals surface area (Å²) in [5.74, 6) is -0.254. The molecule has 0 saturated heterocycles. The molecule has 0 atom stereocenters. The standard InChI is InChI=1S/C15H12N2O3/c1-9-2-3-10(8-16)6-14(9)20-11-4-5-13(17)12(7-11)15(18)19/h2-7H,17H2,1H3,(H,18,19). The normalized spacial score (nSPS) is 9.80. The summed E-state index contributed by atoms with van der Waals surface area (Å²) in [6.07, 6.45) is 0. The van der Waals surface area contributed by atoms with Gasteiger partial charge in [-0.05, 0) is 42.8 Å². The molecule has 5 nitrogen and oxygen atoms in total. The second-order valence-corrected chi connectivity index (χ2v) is 4.25. The first-order valence-electron chi connectivity index (χ1n) is 5.82. The molecule has 0 amide bonds. The maximum absolute atomic E-state index is 11.0. The van der Waals surface area contributed by atoms with E-state index in [-0.39, 0.29) is 11.3 Å². The van der Waals surface area contributed by atoms with Crippen molar-refractivity contribution in [2.24, 2.45) is 0 Å². The summed E-state index contributed by atoms with van der Waals surface area (Å²) < 4.78 is 5.63. The number of nitrogens with zero attached hydrogens (tertiary/aromatic N) is 1. The van der Waals surface area contributed by atoms with Crippen LogP contribution in [0, 0.1) is 18.3 Å². The van der Waals surface area contributed by atoms with Crippen molar-refractivity contribution in [1.82, 2.24) is 0 Å². The Morgan fingerprint density at radius 2 is 2.05 bits per heavy atom. The molecule has 0 aliphatic carbocycles. The highest BCUT2D eigenvalue weighted by atomic mass is 16.5. The molecule has 0 saturated carbocycles. The lowest BCUT2D eigenvalue weighted by Crippen LogP contribution is -2.02. The van der Waals surface area contributed by atoms with Gasteiger partial charge in [0.15, 0.2) is 0 Å². The van der Waals surface area contributed by atoms with Crippen LogP contribution in [0.2, 0.25) is 0 Å². The summed E-state index contributed by atoms with van der Waals surface area (Å²) in [4.78, 5) is 11.0. The Morgan fingerprint density at radius 1 is 1.30 bits per heavy atom. The number of nitrogens with two attached hydrogens (primary N) is 1. The molecule has 0 aliphatic rings. The van der Waals surface area contributed by atoms with Gasteiger partial charge in [-0.15, -0.1) is 0 Å². The molecule has 5 heteroatoms. The number of rotatable bonds is 3. The first-order chi connectivity index (χ1) is 9.51. The molecule has 0 unspecified atom stereocenters. The predicted molar refractivity (Wildman–Crippen MR) is 73.8 cm³/mol. The molecule has 20 heavy (non-hydrogen) atoms. The van der Waals surface area contributed by atoms with E-state index in [1.165, 1.54) is 12.1 Å². The Bertz CT molecular complexity index is 718. The molecule has 3 N–H and O–H groups in total. The molecular formula is C15H12N2O3. The van der Waals surface area contributed by atoms with Gasteiger partial charge in [-0.25, -0.2) is 4.79 Å². The van der Waals surface area contributed by atoms with Crippen LogP contribution in [0.5, 0.6) is 11.5 Å². The molecule has 2 aromatic rings. The largest absolute Gasteiger partial charge is 0.478 e. The lowest BCUT2D eigenvalue weighted by Gasteiger charge is -2.10. The highest BCUT2D eigenvalue weighted by Crippen LogP contribution is 2.28. The third-order valence-corrected chi connectivity index (χ3v) is 2.80. The summed E-state index contributed by atoms with van der Waals surface area (Å²) in [7, 11) is 0. The van der Waals surface area contributed by atoms with Crippen molar-refractivity contribution in [3.63, 3.8) is 0 Å². The third-order valence-electron chi connectivity index (χ3n) is 2.80. The molecule has 0 bridgehead atoms. The number of hydrogen-bond donors (Lipinski definition) is 2. The Balaban J connectivity index is 2.38. The Hall–Kier alpha value is -3.00. The summed E-state index contributed by atoms with van der Waals surface area (Å²) in [6.45, 7) is 1.84. The first kappa shape index (κ1) is 13.4. The van der Waals surface area contributed by atoms with Crippen molar-refractivity contribution >= 4 is 11.7 Å². The van der Waals surface area contributed by atoms with Crippen molar-refractivity contribution in [3.05, 3.63) is 53.1 Å². The summed E-state index contributed by atoms with van der Waals surface area (Å²) in [6, 6.07) is 11.5. The quantitative estimate of drug-likeness (QED) is 0.834. The number of nitriles is 1. The average Bonchev–Trinajstić information content (AvgIpc) is 2.43. The number of hydrogen-bond acceptors (Lipinski definition) is 4. The molecule has 100 valence electrons. The monoisotopic (exact) mass is 268 g/mol. The summed E-state index contributed by atoms with van der Waals surface area (Å²) in [5.41, 5.74) is 7.05. The van der Waals surface area contributed by atoms with E-state index >= 15 is 0 Å². The van der Waals surface area contributed by atoms with Crippen LogP contribution < -0.4 is 10.5 Å². The minimum Gasteiger partial charge on any atom is -0.478 e. The lowest BCUT2D eigenvalue weighted by atomic mass is 10.1. The maximum atomic E-state index is 11.0. The zero-order valence-corrected chi connectivity index (χ0v) is 10.8. The third kappa shape index (κ3) is 2.70.